The summed E-state index contributed by atoms with van der Waals surface area (Å²) in [5, 5.41) is 0.909. The second kappa shape index (κ2) is 6.71. The molecular formula is C12H20N2O2S. The molecule has 17 heavy (non-hydrogen) atoms. The summed E-state index contributed by atoms with van der Waals surface area (Å²) in [6.45, 7) is 5.73. The smallest absolute Gasteiger partial charge is 0.185 e. The van der Waals surface area contributed by atoms with E-state index in [4.69, 9.17) is 4.74 Å². The van der Waals surface area contributed by atoms with Crippen LogP contribution in [0.25, 0.3) is 0 Å². The lowest BCUT2D eigenvalue weighted by molar-refractivity contribution is 0.112. The van der Waals surface area contributed by atoms with Crippen molar-refractivity contribution in [1.82, 2.24) is 4.98 Å². The van der Waals surface area contributed by atoms with Gasteiger partial charge < -0.3 is 9.64 Å². The SMILES string of the molecule is COCCCN(C)c1nc(C(C)C)c(C=O)s1. The van der Waals surface area contributed by atoms with Crippen LogP contribution in [0.3, 0.4) is 0 Å². The highest BCUT2D eigenvalue weighted by atomic mass is 32.1. The molecule has 1 aromatic heterocycles. The molecule has 0 atom stereocenters. The van der Waals surface area contributed by atoms with Gasteiger partial charge in [0, 0.05) is 27.3 Å². The van der Waals surface area contributed by atoms with Gasteiger partial charge in [-0.15, -0.1) is 0 Å². The van der Waals surface area contributed by atoms with Crippen LogP contribution in [0.2, 0.25) is 0 Å². The van der Waals surface area contributed by atoms with E-state index in [9.17, 15) is 4.79 Å². The molecule has 0 spiro atoms. The van der Waals surface area contributed by atoms with Crippen LogP contribution < -0.4 is 4.90 Å². The van der Waals surface area contributed by atoms with Gasteiger partial charge in [-0.3, -0.25) is 4.79 Å². The molecule has 0 saturated carbocycles. The minimum absolute atomic E-state index is 0.285. The minimum Gasteiger partial charge on any atom is -0.385 e. The van der Waals surface area contributed by atoms with Crippen molar-refractivity contribution in [3.63, 3.8) is 0 Å². The van der Waals surface area contributed by atoms with E-state index in [1.165, 1.54) is 11.3 Å². The van der Waals surface area contributed by atoms with Gasteiger partial charge in [-0.2, -0.15) is 0 Å². The Balaban J connectivity index is 2.73. The Morgan fingerprint density at radius 1 is 1.53 bits per heavy atom. The average molecular weight is 256 g/mol. The maximum absolute atomic E-state index is 11.0. The summed E-state index contributed by atoms with van der Waals surface area (Å²) in [6.07, 6.45) is 1.86. The zero-order valence-corrected chi connectivity index (χ0v) is 11.7. The van der Waals surface area contributed by atoms with E-state index < -0.39 is 0 Å². The number of carbonyl (C=O) groups excluding carboxylic acids is 1. The van der Waals surface area contributed by atoms with Crippen molar-refractivity contribution in [2.75, 3.05) is 32.2 Å². The third-order valence-electron chi connectivity index (χ3n) is 2.49. The topological polar surface area (TPSA) is 42.4 Å². The van der Waals surface area contributed by atoms with E-state index in [1.807, 2.05) is 7.05 Å². The third-order valence-corrected chi connectivity index (χ3v) is 3.60. The van der Waals surface area contributed by atoms with Crippen molar-refractivity contribution in [2.24, 2.45) is 0 Å². The fraction of sp³-hybridized carbons (Fsp3) is 0.667. The molecule has 1 aromatic rings. The normalized spacial score (nSPS) is 10.9. The molecule has 96 valence electrons. The lowest BCUT2D eigenvalue weighted by Gasteiger charge is -2.14. The highest BCUT2D eigenvalue weighted by molar-refractivity contribution is 7.17. The number of hydrogen-bond acceptors (Lipinski definition) is 5. The summed E-state index contributed by atoms with van der Waals surface area (Å²) in [5.74, 6) is 0.285. The van der Waals surface area contributed by atoms with Gasteiger partial charge in [0.1, 0.15) is 0 Å². The van der Waals surface area contributed by atoms with Crippen molar-refractivity contribution in [3.8, 4) is 0 Å². The molecule has 0 unspecified atom stereocenters. The zero-order chi connectivity index (χ0) is 12.8. The van der Waals surface area contributed by atoms with E-state index in [0.29, 0.717) is 0 Å². The molecule has 0 aliphatic rings. The molecule has 0 radical (unpaired) electrons. The highest BCUT2D eigenvalue weighted by Gasteiger charge is 2.15. The van der Waals surface area contributed by atoms with Crippen LogP contribution in [0, 0.1) is 0 Å². The molecule has 0 bridgehead atoms. The van der Waals surface area contributed by atoms with Crippen LogP contribution in [0.5, 0.6) is 0 Å². The Morgan fingerprint density at radius 2 is 2.24 bits per heavy atom. The zero-order valence-electron chi connectivity index (χ0n) is 10.9. The number of aromatic nitrogens is 1. The van der Waals surface area contributed by atoms with E-state index in [0.717, 1.165) is 41.6 Å². The lowest BCUT2D eigenvalue weighted by atomic mass is 10.1. The number of methoxy groups -OCH3 is 1. The molecule has 1 rings (SSSR count). The molecule has 4 nitrogen and oxygen atoms in total. The van der Waals surface area contributed by atoms with Crippen molar-refractivity contribution < 1.29 is 9.53 Å². The standard InChI is InChI=1S/C12H20N2O2S/c1-9(2)11-10(8-15)17-12(13-11)14(3)6-5-7-16-4/h8-9H,5-7H2,1-4H3. The largest absolute Gasteiger partial charge is 0.385 e. The predicted octanol–water partition coefficient (Wildman–Crippen LogP) is 2.55. The number of anilines is 1. The summed E-state index contributed by atoms with van der Waals surface area (Å²) < 4.78 is 5.02. The Labute approximate surface area is 107 Å². The first-order valence-electron chi connectivity index (χ1n) is 5.76. The summed E-state index contributed by atoms with van der Waals surface area (Å²) in [5.41, 5.74) is 0.901. The van der Waals surface area contributed by atoms with Crippen LogP contribution >= 0.6 is 11.3 Å². The Kier molecular flexibility index (Phi) is 5.58. The first kappa shape index (κ1) is 14.1. The van der Waals surface area contributed by atoms with Gasteiger partial charge in [0.2, 0.25) is 0 Å². The van der Waals surface area contributed by atoms with Gasteiger partial charge in [0.25, 0.3) is 0 Å². The fourth-order valence-corrected chi connectivity index (χ4v) is 2.56. The number of rotatable bonds is 7. The van der Waals surface area contributed by atoms with Crippen molar-refractivity contribution >= 4 is 22.8 Å². The van der Waals surface area contributed by atoms with Crippen molar-refractivity contribution in [1.29, 1.82) is 0 Å². The summed E-state index contributed by atoms with van der Waals surface area (Å²) in [7, 11) is 3.69. The highest BCUT2D eigenvalue weighted by Crippen LogP contribution is 2.28. The molecule has 0 aliphatic heterocycles. The molecule has 0 N–H and O–H groups in total. The first-order valence-corrected chi connectivity index (χ1v) is 6.57. The number of nitrogens with zero attached hydrogens (tertiary/aromatic N) is 2. The summed E-state index contributed by atoms with van der Waals surface area (Å²) in [4.78, 5) is 18.3. The predicted molar refractivity (Wildman–Crippen MR) is 71.4 cm³/mol. The summed E-state index contributed by atoms with van der Waals surface area (Å²) in [6, 6.07) is 0. The van der Waals surface area contributed by atoms with Crippen molar-refractivity contribution in [2.45, 2.75) is 26.2 Å². The van der Waals surface area contributed by atoms with Gasteiger partial charge >= 0.3 is 0 Å². The Morgan fingerprint density at radius 3 is 2.71 bits per heavy atom. The van der Waals surface area contributed by atoms with Crippen LogP contribution in [-0.4, -0.2) is 38.6 Å². The number of ether oxygens (including phenoxy) is 1. The van der Waals surface area contributed by atoms with E-state index >= 15 is 0 Å². The Hall–Kier alpha value is -0.940. The molecule has 0 saturated heterocycles. The number of thiazole rings is 1. The van der Waals surface area contributed by atoms with E-state index in [-0.39, 0.29) is 5.92 Å². The van der Waals surface area contributed by atoms with E-state index in [2.05, 4.69) is 23.7 Å². The van der Waals surface area contributed by atoms with Gasteiger partial charge in [-0.25, -0.2) is 4.98 Å². The quantitative estimate of drug-likeness (QED) is 0.555. The average Bonchev–Trinajstić information content (AvgIpc) is 2.73. The minimum atomic E-state index is 0.285. The number of aldehydes is 1. The van der Waals surface area contributed by atoms with Crippen LogP contribution in [-0.2, 0) is 4.74 Å². The molecule has 0 aliphatic carbocycles. The van der Waals surface area contributed by atoms with Crippen LogP contribution in [0.4, 0.5) is 5.13 Å². The molecule has 0 amide bonds. The number of hydrogen-bond donors (Lipinski definition) is 0. The maximum atomic E-state index is 11.0. The maximum Gasteiger partial charge on any atom is 0.185 e. The second-order valence-electron chi connectivity index (χ2n) is 4.29. The van der Waals surface area contributed by atoms with E-state index in [1.54, 1.807) is 7.11 Å². The molecular weight excluding hydrogens is 236 g/mol. The molecule has 5 heteroatoms. The van der Waals surface area contributed by atoms with Gasteiger partial charge in [0.05, 0.1) is 10.6 Å². The van der Waals surface area contributed by atoms with Crippen LogP contribution in [0.1, 0.15) is 41.6 Å². The monoisotopic (exact) mass is 256 g/mol. The van der Waals surface area contributed by atoms with Crippen molar-refractivity contribution in [3.05, 3.63) is 10.6 Å². The summed E-state index contributed by atoms with van der Waals surface area (Å²) >= 11 is 1.46. The van der Waals surface area contributed by atoms with Gasteiger partial charge in [0.15, 0.2) is 11.4 Å². The molecule has 1 heterocycles. The van der Waals surface area contributed by atoms with Gasteiger partial charge in [-0.05, 0) is 12.3 Å². The first-order chi connectivity index (χ1) is 8.10. The van der Waals surface area contributed by atoms with Gasteiger partial charge in [-0.1, -0.05) is 25.2 Å². The molecule has 0 fully saturated rings. The Bertz CT molecular complexity index is 363. The van der Waals surface area contributed by atoms with Crippen LogP contribution in [0.15, 0.2) is 0 Å². The lowest BCUT2D eigenvalue weighted by Crippen LogP contribution is -2.19. The fourth-order valence-electron chi connectivity index (χ4n) is 1.53. The number of carbonyl (C=O) groups is 1. The third kappa shape index (κ3) is 3.78. The second-order valence-corrected chi connectivity index (χ2v) is 5.30. The molecule has 0 aromatic carbocycles.